The highest BCUT2D eigenvalue weighted by atomic mass is 19.1. The van der Waals surface area contributed by atoms with Crippen molar-refractivity contribution >= 4 is 11.8 Å². The van der Waals surface area contributed by atoms with Gasteiger partial charge in [0.25, 0.3) is 0 Å². The molecule has 1 saturated heterocycles. The first kappa shape index (κ1) is 14.5. The molecule has 4 nitrogen and oxygen atoms in total. The van der Waals surface area contributed by atoms with Crippen molar-refractivity contribution in [2.24, 2.45) is 0 Å². The summed E-state index contributed by atoms with van der Waals surface area (Å²) in [5.41, 5.74) is 0.829. The van der Waals surface area contributed by atoms with E-state index in [1.807, 2.05) is 13.0 Å². The highest BCUT2D eigenvalue weighted by molar-refractivity contribution is 5.94. The van der Waals surface area contributed by atoms with Crippen LogP contribution >= 0.6 is 0 Å². The van der Waals surface area contributed by atoms with Gasteiger partial charge in [-0.25, -0.2) is 4.39 Å². The molecule has 20 heavy (non-hydrogen) atoms. The van der Waals surface area contributed by atoms with Gasteiger partial charge in [0.15, 0.2) is 0 Å². The Morgan fingerprint density at radius 3 is 2.90 bits per heavy atom. The van der Waals surface area contributed by atoms with Gasteiger partial charge < -0.3 is 10.2 Å². The second-order valence-corrected chi connectivity index (χ2v) is 5.05. The molecule has 2 amide bonds. The normalized spacial score (nSPS) is 19.1. The Labute approximate surface area is 118 Å². The van der Waals surface area contributed by atoms with Crippen molar-refractivity contribution in [1.29, 1.82) is 0 Å². The molecule has 1 aromatic rings. The fraction of sp³-hybridized carbons (Fsp3) is 0.467. The molecule has 0 aliphatic carbocycles. The zero-order valence-electron chi connectivity index (χ0n) is 11.6. The predicted octanol–water partition coefficient (Wildman–Crippen LogP) is 1.50. The number of carbonyl (C=O) groups excluding carboxylic acids is 2. The van der Waals surface area contributed by atoms with Gasteiger partial charge in [0.1, 0.15) is 11.9 Å². The van der Waals surface area contributed by atoms with Gasteiger partial charge in [-0.1, -0.05) is 25.5 Å². The second kappa shape index (κ2) is 6.50. The molecule has 1 aromatic carbocycles. The van der Waals surface area contributed by atoms with E-state index in [-0.39, 0.29) is 24.2 Å². The molecular weight excluding hydrogens is 259 g/mol. The molecule has 0 radical (unpaired) electrons. The van der Waals surface area contributed by atoms with Crippen LogP contribution in [0.15, 0.2) is 24.3 Å². The van der Waals surface area contributed by atoms with Gasteiger partial charge in [0.2, 0.25) is 11.8 Å². The number of carbonyl (C=O) groups is 2. The maximum atomic E-state index is 13.1. The van der Waals surface area contributed by atoms with Gasteiger partial charge in [0, 0.05) is 6.54 Å². The minimum Gasteiger partial charge on any atom is -0.343 e. The molecule has 5 heteroatoms. The smallest absolute Gasteiger partial charge is 0.245 e. The van der Waals surface area contributed by atoms with E-state index in [1.54, 1.807) is 11.0 Å². The van der Waals surface area contributed by atoms with Crippen molar-refractivity contribution in [3.63, 3.8) is 0 Å². The third-order valence-corrected chi connectivity index (χ3v) is 3.42. The second-order valence-electron chi connectivity index (χ2n) is 5.05. The Morgan fingerprint density at radius 1 is 1.40 bits per heavy atom. The van der Waals surface area contributed by atoms with Gasteiger partial charge in [-0.3, -0.25) is 9.59 Å². The predicted molar refractivity (Wildman–Crippen MR) is 73.5 cm³/mol. The Kier molecular flexibility index (Phi) is 4.71. The van der Waals surface area contributed by atoms with E-state index in [4.69, 9.17) is 0 Å². The number of amides is 2. The van der Waals surface area contributed by atoms with Crippen LogP contribution in [0.3, 0.4) is 0 Å². The quantitative estimate of drug-likeness (QED) is 0.887. The summed E-state index contributed by atoms with van der Waals surface area (Å²) in [7, 11) is 0. The topological polar surface area (TPSA) is 49.4 Å². The fourth-order valence-corrected chi connectivity index (χ4v) is 2.40. The summed E-state index contributed by atoms with van der Waals surface area (Å²) < 4.78 is 13.1. The SMILES string of the molecule is CCCC1NC(=O)CN(CCc2cccc(F)c2)C1=O. The van der Waals surface area contributed by atoms with Crippen molar-refractivity contribution in [2.45, 2.75) is 32.2 Å². The summed E-state index contributed by atoms with van der Waals surface area (Å²) in [4.78, 5) is 25.4. The van der Waals surface area contributed by atoms with Gasteiger partial charge in [0.05, 0.1) is 6.54 Å². The molecule has 1 aliphatic rings. The Hall–Kier alpha value is -1.91. The fourth-order valence-electron chi connectivity index (χ4n) is 2.40. The van der Waals surface area contributed by atoms with Crippen LogP contribution in [0.25, 0.3) is 0 Å². The molecule has 1 aliphatic heterocycles. The van der Waals surface area contributed by atoms with E-state index in [0.29, 0.717) is 19.4 Å². The first-order valence-corrected chi connectivity index (χ1v) is 6.92. The molecule has 2 rings (SSSR count). The van der Waals surface area contributed by atoms with Gasteiger partial charge in [-0.15, -0.1) is 0 Å². The van der Waals surface area contributed by atoms with Crippen LogP contribution in [0.2, 0.25) is 0 Å². The van der Waals surface area contributed by atoms with E-state index in [1.165, 1.54) is 12.1 Å². The van der Waals surface area contributed by atoms with Crippen LogP contribution in [-0.2, 0) is 16.0 Å². The Morgan fingerprint density at radius 2 is 2.20 bits per heavy atom. The zero-order valence-corrected chi connectivity index (χ0v) is 11.6. The molecule has 0 aromatic heterocycles. The number of hydrogen-bond donors (Lipinski definition) is 1. The van der Waals surface area contributed by atoms with E-state index < -0.39 is 6.04 Å². The Bertz CT molecular complexity index is 504. The first-order chi connectivity index (χ1) is 9.60. The van der Waals surface area contributed by atoms with Crippen LogP contribution in [-0.4, -0.2) is 35.8 Å². The number of nitrogens with zero attached hydrogens (tertiary/aromatic N) is 1. The highest BCUT2D eigenvalue weighted by Crippen LogP contribution is 2.10. The summed E-state index contributed by atoms with van der Waals surface area (Å²) in [5.74, 6) is -0.445. The number of benzene rings is 1. The molecule has 0 saturated carbocycles. The maximum absolute atomic E-state index is 13.1. The van der Waals surface area contributed by atoms with E-state index >= 15 is 0 Å². The van der Waals surface area contributed by atoms with E-state index in [0.717, 1.165) is 12.0 Å². The molecule has 0 spiro atoms. The molecule has 1 unspecified atom stereocenters. The van der Waals surface area contributed by atoms with Crippen LogP contribution in [0, 0.1) is 5.82 Å². The van der Waals surface area contributed by atoms with Crippen LogP contribution in [0.4, 0.5) is 4.39 Å². The maximum Gasteiger partial charge on any atom is 0.245 e. The molecule has 1 fully saturated rings. The average molecular weight is 278 g/mol. The third kappa shape index (κ3) is 3.56. The molecule has 1 heterocycles. The minimum absolute atomic E-state index is 0.0390. The number of halogens is 1. The van der Waals surface area contributed by atoms with Gasteiger partial charge in [-0.2, -0.15) is 0 Å². The van der Waals surface area contributed by atoms with Crippen molar-refractivity contribution in [1.82, 2.24) is 10.2 Å². The zero-order chi connectivity index (χ0) is 14.5. The van der Waals surface area contributed by atoms with Crippen molar-refractivity contribution in [3.8, 4) is 0 Å². The largest absolute Gasteiger partial charge is 0.343 e. The third-order valence-electron chi connectivity index (χ3n) is 3.42. The lowest BCUT2D eigenvalue weighted by molar-refractivity contribution is -0.144. The standard InChI is InChI=1S/C15H19FN2O2/c1-2-4-13-15(20)18(10-14(19)17-13)8-7-11-5-3-6-12(16)9-11/h3,5-6,9,13H,2,4,7-8,10H2,1H3,(H,17,19). The molecular formula is C15H19FN2O2. The van der Waals surface area contributed by atoms with Gasteiger partial charge in [-0.05, 0) is 30.5 Å². The number of rotatable bonds is 5. The average Bonchev–Trinajstić information content (AvgIpc) is 2.41. The van der Waals surface area contributed by atoms with Crippen molar-refractivity contribution in [3.05, 3.63) is 35.6 Å². The number of nitrogens with one attached hydrogen (secondary N) is 1. The van der Waals surface area contributed by atoms with Crippen LogP contribution in [0.5, 0.6) is 0 Å². The van der Waals surface area contributed by atoms with E-state index in [9.17, 15) is 14.0 Å². The summed E-state index contributed by atoms with van der Waals surface area (Å²) in [6.07, 6.45) is 2.05. The summed E-state index contributed by atoms with van der Waals surface area (Å²) in [5, 5.41) is 2.71. The van der Waals surface area contributed by atoms with Crippen LogP contribution in [0.1, 0.15) is 25.3 Å². The number of piperazine rings is 1. The lowest BCUT2D eigenvalue weighted by atomic mass is 10.1. The van der Waals surface area contributed by atoms with Crippen molar-refractivity contribution in [2.75, 3.05) is 13.1 Å². The highest BCUT2D eigenvalue weighted by Gasteiger charge is 2.31. The summed E-state index contributed by atoms with van der Waals surface area (Å²) in [6, 6.07) is 5.91. The van der Waals surface area contributed by atoms with Crippen molar-refractivity contribution < 1.29 is 14.0 Å². The summed E-state index contributed by atoms with van der Waals surface area (Å²) >= 11 is 0. The Balaban J connectivity index is 1.97. The van der Waals surface area contributed by atoms with E-state index in [2.05, 4.69) is 5.32 Å². The first-order valence-electron chi connectivity index (χ1n) is 6.92. The molecule has 0 bridgehead atoms. The lowest BCUT2D eigenvalue weighted by Crippen LogP contribution is -2.58. The molecule has 108 valence electrons. The lowest BCUT2D eigenvalue weighted by Gasteiger charge is -2.32. The monoisotopic (exact) mass is 278 g/mol. The molecule has 1 N–H and O–H groups in total. The minimum atomic E-state index is -0.409. The number of hydrogen-bond acceptors (Lipinski definition) is 2. The molecule has 1 atom stereocenters. The summed E-state index contributed by atoms with van der Waals surface area (Å²) in [6.45, 7) is 2.51. The van der Waals surface area contributed by atoms with Crippen LogP contribution < -0.4 is 5.32 Å². The van der Waals surface area contributed by atoms with Gasteiger partial charge >= 0.3 is 0 Å².